The Labute approximate surface area is 179 Å². The van der Waals surface area contributed by atoms with Gasteiger partial charge in [-0.25, -0.2) is 0 Å². The molecule has 0 saturated carbocycles. The molecule has 1 fully saturated rings. The van der Waals surface area contributed by atoms with Gasteiger partial charge >= 0.3 is 5.97 Å². The van der Waals surface area contributed by atoms with Crippen LogP contribution in [0.2, 0.25) is 0 Å². The Morgan fingerprint density at radius 3 is 2.48 bits per heavy atom. The lowest BCUT2D eigenvalue weighted by Gasteiger charge is -2.20. The van der Waals surface area contributed by atoms with E-state index in [-0.39, 0.29) is 18.9 Å². The molecule has 1 aliphatic heterocycles. The van der Waals surface area contributed by atoms with Gasteiger partial charge in [0.2, 0.25) is 5.91 Å². The predicted octanol–water partition coefficient (Wildman–Crippen LogP) is 2.25. The molecular weight excluding hydrogens is 404 g/mol. The summed E-state index contributed by atoms with van der Waals surface area (Å²) in [5, 5.41) is 2.63. The first-order valence-electron chi connectivity index (χ1n) is 9.58. The van der Waals surface area contributed by atoms with Crippen LogP contribution < -0.4 is 24.4 Å². The maximum Gasteiger partial charge on any atom is 0.311 e. The number of hydrogen-bond donors (Lipinski definition) is 1. The van der Waals surface area contributed by atoms with Crippen molar-refractivity contribution >= 4 is 29.2 Å². The van der Waals surface area contributed by atoms with Gasteiger partial charge in [0.15, 0.2) is 6.61 Å². The quantitative estimate of drug-likeness (QED) is 0.643. The maximum atomic E-state index is 12.5. The molecule has 9 nitrogen and oxygen atoms in total. The topological polar surface area (TPSA) is 103 Å². The summed E-state index contributed by atoms with van der Waals surface area (Å²) in [4.78, 5) is 38.5. The van der Waals surface area contributed by atoms with Gasteiger partial charge in [0.1, 0.15) is 17.2 Å². The van der Waals surface area contributed by atoms with E-state index in [0.717, 1.165) is 0 Å². The number of hydrogen-bond acceptors (Lipinski definition) is 7. The highest BCUT2D eigenvalue weighted by Crippen LogP contribution is 2.36. The molecule has 0 bridgehead atoms. The second kappa shape index (κ2) is 9.84. The number of carbonyl (C=O) groups excluding carboxylic acids is 3. The zero-order chi connectivity index (χ0) is 22.4. The van der Waals surface area contributed by atoms with Gasteiger partial charge in [0.05, 0.1) is 32.9 Å². The van der Waals surface area contributed by atoms with Crippen molar-refractivity contribution in [2.45, 2.75) is 6.42 Å². The second-order valence-corrected chi connectivity index (χ2v) is 6.83. The summed E-state index contributed by atoms with van der Waals surface area (Å²) >= 11 is 0. The van der Waals surface area contributed by atoms with Gasteiger partial charge in [0, 0.05) is 30.8 Å². The third-order valence-corrected chi connectivity index (χ3v) is 4.83. The van der Waals surface area contributed by atoms with Crippen LogP contribution in [0.25, 0.3) is 0 Å². The number of carbonyl (C=O) groups is 3. The van der Waals surface area contributed by atoms with Gasteiger partial charge in [-0.15, -0.1) is 0 Å². The van der Waals surface area contributed by atoms with Gasteiger partial charge < -0.3 is 29.2 Å². The van der Waals surface area contributed by atoms with Crippen molar-refractivity contribution in [2.75, 3.05) is 44.7 Å². The molecular formula is C22H24N2O7. The van der Waals surface area contributed by atoms with Crippen LogP contribution in [-0.2, 0) is 19.1 Å². The SMILES string of the molecule is COc1cccc(NC(=O)COC(=O)[C@@H]2CC(=O)N(c3cc(OC)ccc3OC)C2)c1. The molecule has 31 heavy (non-hydrogen) atoms. The highest BCUT2D eigenvalue weighted by molar-refractivity contribution is 6.01. The zero-order valence-corrected chi connectivity index (χ0v) is 17.5. The number of ether oxygens (including phenoxy) is 4. The predicted molar refractivity (Wildman–Crippen MR) is 113 cm³/mol. The first-order chi connectivity index (χ1) is 14.9. The molecule has 0 aromatic heterocycles. The van der Waals surface area contributed by atoms with Crippen molar-refractivity contribution in [1.82, 2.24) is 0 Å². The fourth-order valence-corrected chi connectivity index (χ4v) is 3.26. The minimum atomic E-state index is -0.687. The minimum absolute atomic E-state index is 0.0172. The minimum Gasteiger partial charge on any atom is -0.497 e. The van der Waals surface area contributed by atoms with E-state index < -0.39 is 24.4 Å². The summed E-state index contributed by atoms with van der Waals surface area (Å²) in [5.74, 6) is -0.393. The summed E-state index contributed by atoms with van der Waals surface area (Å²) in [6.07, 6.45) is -0.0172. The van der Waals surface area contributed by atoms with Crippen LogP contribution in [0, 0.1) is 5.92 Å². The Kier molecular flexibility index (Phi) is 6.96. The van der Waals surface area contributed by atoms with Crippen molar-refractivity contribution in [3.05, 3.63) is 42.5 Å². The van der Waals surface area contributed by atoms with E-state index in [9.17, 15) is 14.4 Å². The van der Waals surface area contributed by atoms with Crippen LogP contribution in [0.15, 0.2) is 42.5 Å². The summed E-state index contributed by atoms with van der Waals surface area (Å²) in [6.45, 7) is -0.331. The fourth-order valence-electron chi connectivity index (χ4n) is 3.26. The molecule has 1 heterocycles. The first kappa shape index (κ1) is 21.9. The number of nitrogens with zero attached hydrogens (tertiary/aromatic N) is 1. The number of nitrogens with one attached hydrogen (secondary N) is 1. The van der Waals surface area contributed by atoms with Gasteiger partial charge in [0.25, 0.3) is 5.91 Å². The average Bonchev–Trinajstić information content (AvgIpc) is 3.18. The molecule has 1 aliphatic rings. The number of amides is 2. The lowest BCUT2D eigenvalue weighted by molar-refractivity contribution is -0.151. The molecule has 2 aromatic carbocycles. The maximum absolute atomic E-state index is 12.5. The molecule has 9 heteroatoms. The van der Waals surface area contributed by atoms with Crippen LogP contribution in [0.5, 0.6) is 17.2 Å². The highest BCUT2D eigenvalue weighted by Gasteiger charge is 2.37. The molecule has 0 spiro atoms. The van der Waals surface area contributed by atoms with Crippen LogP contribution in [-0.4, -0.2) is 52.3 Å². The second-order valence-electron chi connectivity index (χ2n) is 6.83. The number of methoxy groups -OCH3 is 3. The number of rotatable bonds is 8. The molecule has 2 aromatic rings. The molecule has 1 saturated heterocycles. The molecule has 1 atom stereocenters. The summed E-state index contributed by atoms with van der Waals surface area (Å²) < 4.78 is 20.8. The molecule has 0 unspecified atom stereocenters. The summed E-state index contributed by atoms with van der Waals surface area (Å²) in [7, 11) is 4.54. The van der Waals surface area contributed by atoms with E-state index in [1.165, 1.54) is 26.2 Å². The number of benzene rings is 2. The van der Waals surface area contributed by atoms with Crippen LogP contribution in [0.4, 0.5) is 11.4 Å². The summed E-state index contributed by atoms with van der Waals surface area (Å²) in [5.41, 5.74) is 1.03. The molecule has 164 valence electrons. The van der Waals surface area contributed by atoms with Gasteiger partial charge in [-0.3, -0.25) is 14.4 Å². The fraction of sp³-hybridized carbons (Fsp3) is 0.318. The van der Waals surface area contributed by atoms with E-state index in [2.05, 4.69) is 5.32 Å². The van der Waals surface area contributed by atoms with Crippen LogP contribution in [0.1, 0.15) is 6.42 Å². The largest absolute Gasteiger partial charge is 0.497 e. The molecule has 1 N–H and O–H groups in total. The monoisotopic (exact) mass is 428 g/mol. The third kappa shape index (κ3) is 5.25. The van der Waals surface area contributed by atoms with Crippen molar-refractivity contribution < 1.29 is 33.3 Å². The van der Waals surface area contributed by atoms with E-state index in [1.54, 1.807) is 42.5 Å². The summed E-state index contributed by atoms with van der Waals surface area (Å²) in [6, 6.07) is 11.9. The normalized spacial score (nSPS) is 15.4. The van der Waals surface area contributed by atoms with E-state index in [1.807, 2.05) is 0 Å². The standard InChI is InChI=1S/C22H24N2O7/c1-28-16-6-4-5-15(10-16)23-20(25)13-31-22(27)14-9-21(26)24(12-14)18-11-17(29-2)7-8-19(18)30-3/h4-8,10-11,14H,9,12-13H2,1-3H3,(H,23,25)/t14-/m1/s1. The number of anilines is 2. The van der Waals surface area contributed by atoms with Crippen molar-refractivity contribution in [3.8, 4) is 17.2 Å². The van der Waals surface area contributed by atoms with Crippen LogP contribution in [0.3, 0.4) is 0 Å². The van der Waals surface area contributed by atoms with Gasteiger partial charge in [-0.1, -0.05) is 6.07 Å². The van der Waals surface area contributed by atoms with Crippen molar-refractivity contribution in [2.24, 2.45) is 5.92 Å². The van der Waals surface area contributed by atoms with E-state index >= 15 is 0 Å². The van der Waals surface area contributed by atoms with Gasteiger partial charge in [-0.2, -0.15) is 0 Å². The van der Waals surface area contributed by atoms with Crippen molar-refractivity contribution in [1.29, 1.82) is 0 Å². The molecule has 0 aliphatic carbocycles. The Hall–Kier alpha value is -3.75. The van der Waals surface area contributed by atoms with E-state index in [0.29, 0.717) is 28.6 Å². The molecule has 0 radical (unpaired) electrons. The Morgan fingerprint density at radius 2 is 1.77 bits per heavy atom. The number of esters is 1. The average molecular weight is 428 g/mol. The smallest absolute Gasteiger partial charge is 0.311 e. The zero-order valence-electron chi connectivity index (χ0n) is 17.5. The van der Waals surface area contributed by atoms with Crippen LogP contribution >= 0.6 is 0 Å². The Balaban J connectivity index is 1.58. The molecule has 3 rings (SSSR count). The lowest BCUT2D eigenvalue weighted by atomic mass is 10.1. The highest BCUT2D eigenvalue weighted by atomic mass is 16.5. The first-order valence-corrected chi connectivity index (χ1v) is 9.58. The van der Waals surface area contributed by atoms with Gasteiger partial charge in [-0.05, 0) is 24.3 Å². The Bertz CT molecular complexity index is 976. The third-order valence-electron chi connectivity index (χ3n) is 4.83. The Morgan fingerprint density at radius 1 is 1.03 bits per heavy atom. The van der Waals surface area contributed by atoms with E-state index in [4.69, 9.17) is 18.9 Å². The molecule has 2 amide bonds. The lowest BCUT2D eigenvalue weighted by Crippen LogP contribution is -2.28. The van der Waals surface area contributed by atoms with Crippen molar-refractivity contribution in [3.63, 3.8) is 0 Å².